The number of halogens is 3. The van der Waals surface area contributed by atoms with E-state index in [1.165, 1.54) is 19.1 Å². The van der Waals surface area contributed by atoms with E-state index in [0.29, 0.717) is 12.2 Å². The lowest BCUT2D eigenvalue weighted by atomic mass is 9.87. The van der Waals surface area contributed by atoms with Gasteiger partial charge in [0.05, 0.1) is 10.5 Å². The second kappa shape index (κ2) is 6.51. The van der Waals surface area contributed by atoms with Crippen LogP contribution < -0.4 is 9.62 Å². The summed E-state index contributed by atoms with van der Waals surface area (Å²) in [7, 11) is -4.01. The van der Waals surface area contributed by atoms with Gasteiger partial charge in [0.2, 0.25) is 5.91 Å². The highest BCUT2D eigenvalue weighted by molar-refractivity contribution is 7.92. The third-order valence-electron chi connectivity index (χ3n) is 4.70. The number of hydrogen-bond acceptors (Lipinski definition) is 3. The standard InChI is InChI=1S/C19H19F3N2O3S/c1-12(25)24-11-18(2,3)16-10-15(8-9-17(16)24)28(26,27)23-14-6-4-13(5-7-14)19(20,21)22/h4-10,23H,11H2,1-3H3. The van der Waals surface area contributed by atoms with Gasteiger partial charge in [0.1, 0.15) is 0 Å². The first kappa shape index (κ1) is 20.2. The Morgan fingerprint density at radius 1 is 1.11 bits per heavy atom. The van der Waals surface area contributed by atoms with Crippen molar-refractivity contribution in [2.24, 2.45) is 0 Å². The number of fused-ring (bicyclic) bond motifs is 1. The molecular formula is C19H19F3N2O3S. The molecule has 5 nitrogen and oxygen atoms in total. The van der Waals surface area contributed by atoms with E-state index in [-0.39, 0.29) is 16.5 Å². The van der Waals surface area contributed by atoms with E-state index in [0.717, 1.165) is 29.8 Å². The number of nitrogens with one attached hydrogen (secondary N) is 1. The summed E-state index contributed by atoms with van der Waals surface area (Å²) in [6, 6.07) is 8.22. The highest BCUT2D eigenvalue weighted by Gasteiger charge is 2.37. The Morgan fingerprint density at radius 3 is 2.25 bits per heavy atom. The van der Waals surface area contributed by atoms with Crippen molar-refractivity contribution in [2.75, 3.05) is 16.2 Å². The number of hydrogen-bond donors (Lipinski definition) is 1. The van der Waals surface area contributed by atoms with Gasteiger partial charge in [-0.15, -0.1) is 0 Å². The van der Waals surface area contributed by atoms with Crippen LogP contribution in [0.3, 0.4) is 0 Å². The smallest absolute Gasteiger partial charge is 0.311 e. The maximum atomic E-state index is 12.7. The summed E-state index contributed by atoms with van der Waals surface area (Å²) in [5, 5.41) is 0. The molecule has 2 aromatic carbocycles. The quantitative estimate of drug-likeness (QED) is 0.824. The summed E-state index contributed by atoms with van der Waals surface area (Å²) in [5.74, 6) is -0.134. The number of sulfonamides is 1. The number of benzene rings is 2. The zero-order valence-corrected chi connectivity index (χ0v) is 16.3. The minimum absolute atomic E-state index is 0.0235. The van der Waals surface area contributed by atoms with Gasteiger partial charge < -0.3 is 4.90 Å². The van der Waals surface area contributed by atoms with Gasteiger partial charge in [0.15, 0.2) is 0 Å². The number of rotatable bonds is 3. The van der Waals surface area contributed by atoms with Crippen molar-refractivity contribution >= 4 is 27.3 Å². The number of amides is 1. The molecule has 150 valence electrons. The van der Waals surface area contributed by atoms with Gasteiger partial charge in [-0.05, 0) is 48.0 Å². The molecule has 0 bridgehead atoms. The zero-order valence-electron chi connectivity index (χ0n) is 15.5. The molecular weight excluding hydrogens is 393 g/mol. The fourth-order valence-electron chi connectivity index (χ4n) is 3.25. The van der Waals surface area contributed by atoms with Crippen LogP contribution in [0.15, 0.2) is 47.4 Å². The highest BCUT2D eigenvalue weighted by atomic mass is 32.2. The molecule has 0 atom stereocenters. The number of alkyl halides is 3. The molecule has 28 heavy (non-hydrogen) atoms. The summed E-state index contributed by atoms with van der Waals surface area (Å²) >= 11 is 0. The Bertz CT molecular complexity index is 1030. The summed E-state index contributed by atoms with van der Waals surface area (Å²) in [6.07, 6.45) is -4.49. The molecule has 0 spiro atoms. The van der Waals surface area contributed by atoms with Crippen LogP contribution in [-0.2, 0) is 26.4 Å². The van der Waals surface area contributed by atoms with Crippen LogP contribution >= 0.6 is 0 Å². The maximum absolute atomic E-state index is 12.7. The second-order valence-electron chi connectivity index (χ2n) is 7.35. The van der Waals surface area contributed by atoms with E-state index in [4.69, 9.17) is 0 Å². The molecule has 1 aliphatic rings. The molecule has 2 aromatic rings. The summed E-state index contributed by atoms with van der Waals surface area (Å²) < 4.78 is 65.6. The summed E-state index contributed by atoms with van der Waals surface area (Å²) in [6.45, 7) is 5.71. The monoisotopic (exact) mass is 412 g/mol. The molecule has 3 rings (SSSR count). The molecule has 0 radical (unpaired) electrons. The minimum atomic E-state index is -4.49. The maximum Gasteiger partial charge on any atom is 0.416 e. The molecule has 0 fully saturated rings. The van der Waals surface area contributed by atoms with Crippen molar-refractivity contribution in [3.63, 3.8) is 0 Å². The Kier molecular flexibility index (Phi) is 4.69. The van der Waals surface area contributed by atoms with E-state index in [1.807, 2.05) is 13.8 Å². The van der Waals surface area contributed by atoms with Crippen molar-refractivity contribution in [2.45, 2.75) is 37.3 Å². The second-order valence-corrected chi connectivity index (χ2v) is 9.03. The minimum Gasteiger partial charge on any atom is -0.311 e. The SMILES string of the molecule is CC(=O)N1CC(C)(C)c2cc(S(=O)(=O)Nc3ccc(C(F)(F)F)cc3)ccc21. The zero-order chi connectivity index (χ0) is 20.9. The van der Waals surface area contributed by atoms with E-state index >= 15 is 0 Å². The van der Waals surface area contributed by atoms with Gasteiger partial charge >= 0.3 is 6.18 Å². The Balaban J connectivity index is 1.92. The highest BCUT2D eigenvalue weighted by Crippen LogP contribution is 2.41. The van der Waals surface area contributed by atoms with Crippen LogP contribution in [-0.4, -0.2) is 20.9 Å². The molecule has 0 saturated heterocycles. The van der Waals surface area contributed by atoms with E-state index in [2.05, 4.69) is 4.72 Å². The molecule has 1 aliphatic heterocycles. The summed E-state index contributed by atoms with van der Waals surface area (Å²) in [4.78, 5) is 13.4. The van der Waals surface area contributed by atoms with Crippen LogP contribution in [0.2, 0.25) is 0 Å². The molecule has 0 aliphatic carbocycles. The van der Waals surface area contributed by atoms with E-state index in [1.54, 1.807) is 11.0 Å². The van der Waals surface area contributed by atoms with Gasteiger partial charge in [0, 0.05) is 30.3 Å². The molecule has 0 saturated carbocycles. The van der Waals surface area contributed by atoms with E-state index < -0.39 is 27.2 Å². The van der Waals surface area contributed by atoms with Gasteiger partial charge in [-0.2, -0.15) is 13.2 Å². The van der Waals surface area contributed by atoms with Crippen molar-refractivity contribution in [1.82, 2.24) is 0 Å². The van der Waals surface area contributed by atoms with Crippen molar-refractivity contribution in [1.29, 1.82) is 0 Å². The first-order valence-electron chi connectivity index (χ1n) is 8.44. The number of carbonyl (C=O) groups is 1. The van der Waals surface area contributed by atoms with Gasteiger partial charge in [0.25, 0.3) is 10.0 Å². The fraction of sp³-hybridized carbons (Fsp3) is 0.316. The van der Waals surface area contributed by atoms with Gasteiger partial charge in [-0.25, -0.2) is 8.42 Å². The van der Waals surface area contributed by atoms with Crippen LogP contribution in [0, 0.1) is 0 Å². The average molecular weight is 412 g/mol. The predicted octanol–water partition coefficient (Wildman–Crippen LogP) is 4.15. The van der Waals surface area contributed by atoms with Crippen molar-refractivity contribution in [3.05, 3.63) is 53.6 Å². The average Bonchev–Trinajstić information content (AvgIpc) is 2.85. The normalized spacial score (nSPS) is 16.0. The Labute approximate surface area is 161 Å². The molecule has 1 N–H and O–H groups in total. The third-order valence-corrected chi connectivity index (χ3v) is 6.08. The number of nitrogens with zero attached hydrogens (tertiary/aromatic N) is 1. The largest absolute Gasteiger partial charge is 0.416 e. The molecule has 1 amide bonds. The first-order valence-corrected chi connectivity index (χ1v) is 9.92. The Morgan fingerprint density at radius 2 is 1.71 bits per heavy atom. The van der Waals surface area contributed by atoms with Crippen LogP contribution in [0.25, 0.3) is 0 Å². The van der Waals surface area contributed by atoms with Crippen LogP contribution in [0.5, 0.6) is 0 Å². The van der Waals surface area contributed by atoms with Crippen LogP contribution in [0.1, 0.15) is 31.9 Å². The van der Waals surface area contributed by atoms with E-state index in [9.17, 15) is 26.4 Å². The van der Waals surface area contributed by atoms with Crippen LogP contribution in [0.4, 0.5) is 24.5 Å². The first-order chi connectivity index (χ1) is 12.8. The summed E-state index contributed by atoms with van der Waals surface area (Å²) in [5.41, 5.74) is 0.113. The lowest BCUT2D eigenvalue weighted by Gasteiger charge is -2.19. The molecule has 1 heterocycles. The van der Waals surface area contributed by atoms with Crippen molar-refractivity contribution < 1.29 is 26.4 Å². The van der Waals surface area contributed by atoms with Crippen molar-refractivity contribution in [3.8, 4) is 0 Å². The third kappa shape index (κ3) is 3.71. The topological polar surface area (TPSA) is 66.5 Å². The lowest BCUT2D eigenvalue weighted by molar-refractivity contribution is -0.137. The molecule has 9 heteroatoms. The fourth-order valence-corrected chi connectivity index (χ4v) is 4.33. The number of anilines is 2. The Hall–Kier alpha value is -2.55. The molecule has 0 unspecified atom stereocenters. The van der Waals surface area contributed by atoms with Gasteiger partial charge in [-0.3, -0.25) is 9.52 Å². The lowest BCUT2D eigenvalue weighted by Crippen LogP contribution is -2.31. The van der Waals surface area contributed by atoms with Gasteiger partial charge in [-0.1, -0.05) is 13.8 Å². The molecule has 0 aromatic heterocycles. The number of carbonyl (C=O) groups excluding carboxylic acids is 1. The predicted molar refractivity (Wildman–Crippen MR) is 99.7 cm³/mol.